The number of hydrogen-bond acceptors (Lipinski definition) is 3. The fourth-order valence-corrected chi connectivity index (χ4v) is 3.57. The highest BCUT2D eigenvalue weighted by atomic mass is 16.5. The van der Waals surface area contributed by atoms with Crippen molar-refractivity contribution in [3.63, 3.8) is 0 Å². The van der Waals surface area contributed by atoms with Crippen molar-refractivity contribution in [1.82, 2.24) is 0 Å². The van der Waals surface area contributed by atoms with Crippen LogP contribution in [0.4, 0.5) is 0 Å². The van der Waals surface area contributed by atoms with Crippen LogP contribution in [0.25, 0.3) is 0 Å². The van der Waals surface area contributed by atoms with Gasteiger partial charge in [-0.25, -0.2) is 0 Å². The van der Waals surface area contributed by atoms with Crippen molar-refractivity contribution >= 4 is 5.78 Å². The van der Waals surface area contributed by atoms with E-state index in [1.807, 2.05) is 31.2 Å². The Morgan fingerprint density at radius 2 is 2.00 bits per heavy atom. The third kappa shape index (κ3) is 3.29. The van der Waals surface area contributed by atoms with E-state index in [0.717, 1.165) is 30.8 Å². The number of benzene rings is 1. The minimum atomic E-state index is 0.0844. The van der Waals surface area contributed by atoms with E-state index in [2.05, 4.69) is 0 Å². The van der Waals surface area contributed by atoms with Crippen molar-refractivity contribution < 1.29 is 14.3 Å². The standard InChI is InChI=1S/C18H24O3/c1-2-17(19)14-5-7-15(8-6-14)21-16-9-12-20-18(13-16)10-3-4-11-18/h5-8,16H,2-4,9-13H2,1H3. The van der Waals surface area contributed by atoms with Gasteiger partial charge in [0.1, 0.15) is 11.9 Å². The lowest BCUT2D eigenvalue weighted by molar-refractivity contribution is -0.108. The molecular weight excluding hydrogens is 264 g/mol. The zero-order chi connectivity index (χ0) is 14.7. The minimum Gasteiger partial charge on any atom is -0.490 e. The molecule has 0 bridgehead atoms. The van der Waals surface area contributed by atoms with E-state index >= 15 is 0 Å². The number of carbonyl (C=O) groups is 1. The molecule has 1 aromatic rings. The van der Waals surface area contributed by atoms with Crippen LogP contribution in [0.3, 0.4) is 0 Å². The summed E-state index contributed by atoms with van der Waals surface area (Å²) in [5, 5.41) is 0. The summed E-state index contributed by atoms with van der Waals surface area (Å²) in [5.41, 5.74) is 0.852. The van der Waals surface area contributed by atoms with Crippen LogP contribution in [-0.4, -0.2) is 24.1 Å². The van der Waals surface area contributed by atoms with Gasteiger partial charge in [0, 0.05) is 24.8 Å². The maximum Gasteiger partial charge on any atom is 0.162 e. The SMILES string of the molecule is CCC(=O)c1ccc(OC2CCOC3(CCCC3)C2)cc1. The Kier molecular flexibility index (Phi) is 4.29. The Morgan fingerprint density at radius 1 is 1.29 bits per heavy atom. The molecule has 114 valence electrons. The number of ether oxygens (including phenoxy) is 2. The Labute approximate surface area is 126 Å². The second kappa shape index (κ2) is 6.18. The number of Topliss-reactive ketones (excluding diaryl/α,β-unsaturated/α-hetero) is 1. The number of rotatable bonds is 4. The van der Waals surface area contributed by atoms with E-state index in [1.165, 1.54) is 25.7 Å². The van der Waals surface area contributed by atoms with Crippen LogP contribution in [0, 0.1) is 0 Å². The first-order valence-corrected chi connectivity index (χ1v) is 8.15. The van der Waals surface area contributed by atoms with Crippen LogP contribution in [0.1, 0.15) is 62.2 Å². The third-order valence-electron chi connectivity index (χ3n) is 4.76. The van der Waals surface area contributed by atoms with Gasteiger partial charge in [-0.1, -0.05) is 19.8 Å². The monoisotopic (exact) mass is 288 g/mol. The number of carbonyl (C=O) groups excluding carboxylic acids is 1. The minimum absolute atomic E-state index is 0.0844. The molecule has 21 heavy (non-hydrogen) atoms. The summed E-state index contributed by atoms with van der Waals surface area (Å²) >= 11 is 0. The summed E-state index contributed by atoms with van der Waals surface area (Å²) in [7, 11) is 0. The first-order valence-electron chi connectivity index (χ1n) is 8.15. The van der Waals surface area contributed by atoms with Gasteiger partial charge in [-0.05, 0) is 37.1 Å². The lowest BCUT2D eigenvalue weighted by Gasteiger charge is -2.38. The smallest absolute Gasteiger partial charge is 0.162 e. The van der Waals surface area contributed by atoms with Crippen molar-refractivity contribution in [3.8, 4) is 5.75 Å². The van der Waals surface area contributed by atoms with Crippen molar-refractivity contribution in [2.45, 2.75) is 63.6 Å². The molecule has 2 aliphatic rings. The third-order valence-corrected chi connectivity index (χ3v) is 4.76. The molecule has 3 nitrogen and oxygen atoms in total. The van der Waals surface area contributed by atoms with Gasteiger partial charge in [0.05, 0.1) is 12.2 Å². The molecule has 1 saturated heterocycles. The van der Waals surface area contributed by atoms with Crippen molar-refractivity contribution in [3.05, 3.63) is 29.8 Å². The quantitative estimate of drug-likeness (QED) is 0.781. The molecule has 2 fully saturated rings. The fourth-order valence-electron chi connectivity index (χ4n) is 3.57. The average Bonchev–Trinajstić information content (AvgIpc) is 2.95. The highest BCUT2D eigenvalue weighted by Crippen LogP contribution is 2.40. The summed E-state index contributed by atoms with van der Waals surface area (Å²) in [6, 6.07) is 7.57. The van der Waals surface area contributed by atoms with Gasteiger partial charge in [-0.3, -0.25) is 4.79 Å². The van der Waals surface area contributed by atoms with Crippen molar-refractivity contribution in [1.29, 1.82) is 0 Å². The summed E-state index contributed by atoms with van der Waals surface area (Å²) in [6.07, 6.45) is 7.65. The Balaban J connectivity index is 1.62. The predicted octanol–water partition coefficient (Wildman–Crippen LogP) is 4.15. The summed E-state index contributed by atoms with van der Waals surface area (Å²) in [4.78, 5) is 11.6. The fraction of sp³-hybridized carbons (Fsp3) is 0.611. The molecule has 1 saturated carbocycles. The van der Waals surface area contributed by atoms with E-state index in [9.17, 15) is 4.79 Å². The van der Waals surface area contributed by atoms with Crippen LogP contribution < -0.4 is 4.74 Å². The topological polar surface area (TPSA) is 35.5 Å². The molecule has 1 heterocycles. The van der Waals surface area contributed by atoms with E-state index in [-0.39, 0.29) is 17.5 Å². The molecule has 1 unspecified atom stereocenters. The molecule has 1 aliphatic heterocycles. The van der Waals surface area contributed by atoms with Gasteiger partial charge < -0.3 is 9.47 Å². The summed E-state index contributed by atoms with van der Waals surface area (Å²) < 4.78 is 12.2. The maximum atomic E-state index is 11.6. The second-order valence-electron chi connectivity index (χ2n) is 6.27. The number of hydrogen-bond donors (Lipinski definition) is 0. The molecule has 3 heteroatoms. The molecule has 1 aliphatic carbocycles. The highest BCUT2D eigenvalue weighted by molar-refractivity contribution is 5.95. The predicted molar refractivity (Wildman–Crippen MR) is 81.9 cm³/mol. The Hall–Kier alpha value is -1.35. The van der Waals surface area contributed by atoms with Crippen molar-refractivity contribution in [2.75, 3.05) is 6.61 Å². The molecular formula is C18H24O3. The molecule has 3 rings (SSSR count). The molecule has 0 amide bonds. The second-order valence-corrected chi connectivity index (χ2v) is 6.27. The average molecular weight is 288 g/mol. The van der Waals surface area contributed by atoms with Gasteiger partial charge in [-0.15, -0.1) is 0 Å². The van der Waals surface area contributed by atoms with Crippen LogP contribution >= 0.6 is 0 Å². The zero-order valence-electron chi connectivity index (χ0n) is 12.8. The summed E-state index contributed by atoms with van der Waals surface area (Å²) in [5.74, 6) is 1.04. The van der Waals surface area contributed by atoms with Crippen LogP contribution in [0.5, 0.6) is 5.75 Å². The van der Waals surface area contributed by atoms with E-state index in [1.54, 1.807) is 0 Å². The lowest BCUT2D eigenvalue weighted by atomic mass is 9.90. The van der Waals surface area contributed by atoms with Gasteiger partial charge in [-0.2, -0.15) is 0 Å². The molecule has 0 N–H and O–H groups in total. The van der Waals surface area contributed by atoms with Gasteiger partial charge in [0.15, 0.2) is 5.78 Å². The van der Waals surface area contributed by atoms with E-state index in [4.69, 9.17) is 9.47 Å². The Bertz CT molecular complexity index is 486. The molecule has 1 atom stereocenters. The van der Waals surface area contributed by atoms with Crippen LogP contribution in [0.2, 0.25) is 0 Å². The highest BCUT2D eigenvalue weighted by Gasteiger charge is 2.40. The van der Waals surface area contributed by atoms with E-state index < -0.39 is 0 Å². The van der Waals surface area contributed by atoms with Gasteiger partial charge >= 0.3 is 0 Å². The first kappa shape index (κ1) is 14.6. The number of ketones is 1. The molecule has 0 radical (unpaired) electrons. The van der Waals surface area contributed by atoms with Crippen LogP contribution in [-0.2, 0) is 4.74 Å². The first-order chi connectivity index (χ1) is 10.2. The van der Waals surface area contributed by atoms with Crippen molar-refractivity contribution in [2.24, 2.45) is 0 Å². The van der Waals surface area contributed by atoms with Gasteiger partial charge in [0.2, 0.25) is 0 Å². The zero-order valence-corrected chi connectivity index (χ0v) is 12.8. The lowest BCUT2D eigenvalue weighted by Crippen LogP contribution is -2.41. The largest absolute Gasteiger partial charge is 0.490 e. The normalized spacial score (nSPS) is 24.1. The van der Waals surface area contributed by atoms with E-state index in [0.29, 0.717) is 6.42 Å². The molecule has 1 spiro atoms. The molecule has 0 aromatic heterocycles. The summed E-state index contributed by atoms with van der Waals surface area (Å²) in [6.45, 7) is 2.69. The maximum absolute atomic E-state index is 11.6. The van der Waals surface area contributed by atoms with Gasteiger partial charge in [0.25, 0.3) is 0 Å². The molecule has 1 aromatic carbocycles. The van der Waals surface area contributed by atoms with Crippen LogP contribution in [0.15, 0.2) is 24.3 Å². The Morgan fingerprint density at radius 3 is 2.67 bits per heavy atom.